The van der Waals surface area contributed by atoms with Crippen LogP contribution in [0.15, 0.2) is 30.3 Å². The summed E-state index contributed by atoms with van der Waals surface area (Å²) in [5.74, 6) is -1.44. The predicted octanol–water partition coefficient (Wildman–Crippen LogP) is 1.40. The van der Waals surface area contributed by atoms with E-state index in [9.17, 15) is 14.7 Å². The summed E-state index contributed by atoms with van der Waals surface area (Å²) in [6.07, 6.45) is 0. The van der Waals surface area contributed by atoms with Gasteiger partial charge in [-0.25, -0.2) is 4.79 Å². The fraction of sp³-hybridized carbons (Fsp3) is 0.429. The molecule has 1 atom stereocenters. The Balaban J connectivity index is 3.00. The lowest BCUT2D eigenvalue weighted by molar-refractivity contribution is -0.157. The number of carboxylic acid groups (broad SMARTS) is 1. The summed E-state index contributed by atoms with van der Waals surface area (Å²) in [5.41, 5.74) is 5.32. The van der Waals surface area contributed by atoms with E-state index in [2.05, 4.69) is 0 Å². The van der Waals surface area contributed by atoms with Gasteiger partial charge in [0.2, 0.25) is 5.91 Å². The molecule has 3 N–H and O–H groups in total. The molecule has 0 bridgehead atoms. The molecule has 1 aromatic rings. The average molecular weight is 264 g/mol. The molecule has 0 heterocycles. The van der Waals surface area contributed by atoms with Crippen molar-refractivity contribution in [3.63, 3.8) is 0 Å². The maximum absolute atomic E-state index is 12.4. The number of carboxylic acids is 1. The van der Waals surface area contributed by atoms with E-state index in [0.29, 0.717) is 12.1 Å². The molecule has 0 aliphatic carbocycles. The summed E-state index contributed by atoms with van der Waals surface area (Å²) in [4.78, 5) is 24.9. The number of carbonyl (C=O) groups is 2. The van der Waals surface area contributed by atoms with Gasteiger partial charge in [-0.05, 0) is 26.3 Å². The van der Waals surface area contributed by atoms with Crippen molar-refractivity contribution in [1.82, 2.24) is 4.90 Å². The third-order valence-electron chi connectivity index (χ3n) is 3.21. The third-order valence-corrected chi connectivity index (χ3v) is 3.21. The summed E-state index contributed by atoms with van der Waals surface area (Å²) in [6.45, 7) is 5.02. The molecule has 0 saturated carbocycles. The Labute approximate surface area is 113 Å². The normalized spacial score (nSPS) is 12.8. The van der Waals surface area contributed by atoms with E-state index < -0.39 is 17.6 Å². The van der Waals surface area contributed by atoms with Gasteiger partial charge in [-0.15, -0.1) is 0 Å². The molecule has 1 rings (SSSR count). The molecule has 0 spiro atoms. The smallest absolute Gasteiger partial charge is 0.329 e. The summed E-state index contributed by atoms with van der Waals surface area (Å²) < 4.78 is 0. The molecule has 0 aliphatic rings. The number of benzene rings is 1. The minimum absolute atomic E-state index is 0.290. The van der Waals surface area contributed by atoms with Gasteiger partial charge in [-0.3, -0.25) is 4.79 Å². The number of nitrogens with two attached hydrogens (primary N) is 1. The molecule has 1 amide bonds. The second-order valence-corrected chi connectivity index (χ2v) is 4.84. The highest BCUT2D eigenvalue weighted by Crippen LogP contribution is 2.20. The molecule has 19 heavy (non-hydrogen) atoms. The number of aliphatic carboxylic acids is 1. The highest BCUT2D eigenvalue weighted by Gasteiger charge is 2.38. The van der Waals surface area contributed by atoms with Crippen LogP contribution in [0.2, 0.25) is 0 Å². The van der Waals surface area contributed by atoms with Gasteiger partial charge in [-0.2, -0.15) is 0 Å². The van der Waals surface area contributed by atoms with Gasteiger partial charge in [-0.1, -0.05) is 30.3 Å². The molecule has 0 saturated heterocycles. The van der Waals surface area contributed by atoms with Crippen molar-refractivity contribution >= 4 is 11.9 Å². The van der Waals surface area contributed by atoms with Crippen LogP contribution in [0.4, 0.5) is 0 Å². The molecular weight excluding hydrogens is 244 g/mol. The standard InChI is InChI=1S/C14H20N2O3/c1-4-16(14(2,3)13(18)19)12(17)11(15)10-8-6-5-7-9-10/h5-9,11H,4,15H2,1-3H3,(H,18,19). The van der Waals surface area contributed by atoms with Crippen LogP contribution in [-0.2, 0) is 9.59 Å². The summed E-state index contributed by atoms with van der Waals surface area (Å²) >= 11 is 0. The van der Waals surface area contributed by atoms with Crippen LogP contribution in [0.5, 0.6) is 0 Å². The number of hydrogen-bond acceptors (Lipinski definition) is 3. The largest absolute Gasteiger partial charge is 0.480 e. The maximum Gasteiger partial charge on any atom is 0.329 e. The Bertz CT molecular complexity index is 457. The molecular formula is C14H20N2O3. The number of likely N-dealkylation sites (N-methyl/N-ethyl adjacent to an activating group) is 1. The van der Waals surface area contributed by atoms with Gasteiger partial charge < -0.3 is 15.7 Å². The summed E-state index contributed by atoms with van der Waals surface area (Å²) in [5, 5.41) is 9.21. The van der Waals surface area contributed by atoms with Crippen molar-refractivity contribution in [2.75, 3.05) is 6.54 Å². The zero-order valence-corrected chi connectivity index (χ0v) is 11.5. The molecule has 0 aromatic heterocycles. The summed E-state index contributed by atoms with van der Waals surface area (Å²) in [7, 11) is 0. The van der Waals surface area contributed by atoms with Gasteiger partial charge in [0.15, 0.2) is 0 Å². The van der Waals surface area contributed by atoms with Crippen molar-refractivity contribution in [2.45, 2.75) is 32.4 Å². The SMILES string of the molecule is CCN(C(=O)C(N)c1ccccc1)C(C)(C)C(=O)O. The van der Waals surface area contributed by atoms with E-state index in [1.807, 2.05) is 6.07 Å². The van der Waals surface area contributed by atoms with E-state index in [1.54, 1.807) is 31.2 Å². The van der Waals surface area contributed by atoms with Gasteiger partial charge >= 0.3 is 5.97 Å². The van der Waals surface area contributed by atoms with Crippen molar-refractivity contribution in [2.24, 2.45) is 5.73 Å². The molecule has 1 unspecified atom stereocenters. The van der Waals surface area contributed by atoms with Crippen molar-refractivity contribution in [3.05, 3.63) is 35.9 Å². The third kappa shape index (κ3) is 3.12. The number of hydrogen-bond donors (Lipinski definition) is 2. The molecule has 5 heteroatoms. The number of amides is 1. The molecule has 0 radical (unpaired) electrons. The van der Waals surface area contributed by atoms with Crippen LogP contribution in [0.25, 0.3) is 0 Å². The Morgan fingerprint density at radius 3 is 2.26 bits per heavy atom. The first kappa shape index (κ1) is 15.2. The highest BCUT2D eigenvalue weighted by atomic mass is 16.4. The lowest BCUT2D eigenvalue weighted by Gasteiger charge is -2.36. The van der Waals surface area contributed by atoms with Crippen LogP contribution in [0, 0.1) is 0 Å². The Morgan fingerprint density at radius 1 is 1.32 bits per heavy atom. The highest BCUT2D eigenvalue weighted by molar-refractivity contribution is 5.89. The molecule has 104 valence electrons. The summed E-state index contributed by atoms with van der Waals surface area (Å²) in [6, 6.07) is 8.08. The topological polar surface area (TPSA) is 83.6 Å². The molecule has 0 fully saturated rings. The number of carbonyl (C=O) groups excluding carboxylic acids is 1. The first-order chi connectivity index (χ1) is 8.82. The Morgan fingerprint density at radius 2 is 1.84 bits per heavy atom. The Hall–Kier alpha value is -1.88. The van der Waals surface area contributed by atoms with E-state index in [4.69, 9.17) is 5.73 Å². The van der Waals surface area contributed by atoms with Crippen LogP contribution in [0.1, 0.15) is 32.4 Å². The first-order valence-corrected chi connectivity index (χ1v) is 6.17. The van der Waals surface area contributed by atoms with Gasteiger partial charge in [0.1, 0.15) is 11.6 Å². The zero-order valence-electron chi connectivity index (χ0n) is 11.5. The fourth-order valence-electron chi connectivity index (χ4n) is 1.91. The quantitative estimate of drug-likeness (QED) is 0.842. The monoisotopic (exact) mass is 264 g/mol. The maximum atomic E-state index is 12.4. The van der Waals surface area contributed by atoms with Crippen molar-refractivity contribution in [1.29, 1.82) is 0 Å². The van der Waals surface area contributed by atoms with Crippen LogP contribution >= 0.6 is 0 Å². The Kier molecular flexibility index (Phi) is 4.67. The lowest BCUT2D eigenvalue weighted by Crippen LogP contribution is -2.55. The van der Waals surface area contributed by atoms with Crippen LogP contribution in [0.3, 0.4) is 0 Å². The molecule has 1 aromatic carbocycles. The van der Waals surface area contributed by atoms with Crippen LogP contribution in [-0.4, -0.2) is 34.0 Å². The minimum Gasteiger partial charge on any atom is -0.480 e. The predicted molar refractivity (Wildman–Crippen MR) is 72.5 cm³/mol. The van der Waals surface area contributed by atoms with Gasteiger partial charge in [0.05, 0.1) is 0 Å². The van der Waals surface area contributed by atoms with E-state index in [-0.39, 0.29) is 5.91 Å². The zero-order chi connectivity index (χ0) is 14.6. The van der Waals surface area contributed by atoms with Gasteiger partial charge in [0.25, 0.3) is 0 Å². The van der Waals surface area contributed by atoms with Crippen LogP contribution < -0.4 is 5.73 Å². The second-order valence-electron chi connectivity index (χ2n) is 4.84. The second kappa shape index (κ2) is 5.84. The molecule has 0 aliphatic heterocycles. The van der Waals surface area contributed by atoms with E-state index >= 15 is 0 Å². The lowest BCUT2D eigenvalue weighted by atomic mass is 9.99. The van der Waals surface area contributed by atoms with Crippen molar-refractivity contribution in [3.8, 4) is 0 Å². The number of nitrogens with zero attached hydrogens (tertiary/aromatic N) is 1. The minimum atomic E-state index is -1.28. The van der Waals surface area contributed by atoms with Gasteiger partial charge in [0, 0.05) is 6.54 Å². The average Bonchev–Trinajstić information content (AvgIpc) is 2.39. The fourth-order valence-corrected chi connectivity index (χ4v) is 1.91. The van der Waals surface area contributed by atoms with Crippen molar-refractivity contribution < 1.29 is 14.7 Å². The van der Waals surface area contributed by atoms with E-state index in [0.717, 1.165) is 0 Å². The van der Waals surface area contributed by atoms with E-state index in [1.165, 1.54) is 18.7 Å². The molecule has 5 nitrogen and oxygen atoms in total. The first-order valence-electron chi connectivity index (χ1n) is 6.17. The number of rotatable bonds is 5.